The number of aryl methyl sites for hydroxylation is 1. The van der Waals surface area contributed by atoms with Crippen molar-refractivity contribution in [2.24, 2.45) is 10.9 Å². The van der Waals surface area contributed by atoms with E-state index in [-0.39, 0.29) is 0 Å². The van der Waals surface area contributed by atoms with Crippen LogP contribution in [0.15, 0.2) is 29.3 Å². The summed E-state index contributed by atoms with van der Waals surface area (Å²) in [4.78, 5) is 9.17. The van der Waals surface area contributed by atoms with E-state index in [0.717, 1.165) is 58.1 Å². The van der Waals surface area contributed by atoms with Crippen LogP contribution in [0.4, 0.5) is 5.69 Å². The van der Waals surface area contributed by atoms with Crippen molar-refractivity contribution in [3.8, 4) is 0 Å². The Bertz CT molecular complexity index is 521. The summed E-state index contributed by atoms with van der Waals surface area (Å²) in [6.07, 6.45) is 3.29. The molecule has 140 valence electrons. The second kappa shape index (κ2) is 10.3. The van der Waals surface area contributed by atoms with Gasteiger partial charge < -0.3 is 19.9 Å². The molecule has 1 aromatic carbocycles. The molecule has 0 bridgehead atoms. The summed E-state index contributed by atoms with van der Waals surface area (Å²) in [7, 11) is 6.26. The number of rotatable bonds is 8. The zero-order valence-electron chi connectivity index (χ0n) is 16.3. The molecule has 0 amide bonds. The third kappa shape index (κ3) is 6.58. The van der Waals surface area contributed by atoms with Crippen LogP contribution in [0, 0.1) is 5.92 Å². The summed E-state index contributed by atoms with van der Waals surface area (Å²) in [5.41, 5.74) is 2.62. The number of aliphatic imine (C=N–C) groups is 1. The second-order valence-corrected chi connectivity index (χ2v) is 7.01. The van der Waals surface area contributed by atoms with E-state index in [9.17, 15) is 0 Å². The third-order valence-corrected chi connectivity index (χ3v) is 4.59. The maximum Gasteiger partial charge on any atom is 0.193 e. The molecule has 5 heteroatoms. The van der Waals surface area contributed by atoms with E-state index in [1.54, 1.807) is 0 Å². The molecule has 1 saturated heterocycles. The number of nitrogens with one attached hydrogen (secondary N) is 1. The van der Waals surface area contributed by atoms with Gasteiger partial charge in [-0.15, -0.1) is 0 Å². The standard InChI is InChI=1S/C20H34N4O/c1-5-21-20(24(4)15-18-12-14-25-16-18)22-13-6-7-17-8-10-19(11-9-17)23(2)3/h8-11,18H,5-7,12-16H2,1-4H3,(H,21,22). The van der Waals surface area contributed by atoms with E-state index in [1.807, 2.05) is 0 Å². The molecular weight excluding hydrogens is 312 g/mol. The van der Waals surface area contributed by atoms with Gasteiger partial charge in [0.2, 0.25) is 0 Å². The lowest BCUT2D eigenvalue weighted by Crippen LogP contribution is -2.41. The van der Waals surface area contributed by atoms with Crippen molar-refractivity contribution < 1.29 is 4.74 Å². The summed E-state index contributed by atoms with van der Waals surface area (Å²) in [5.74, 6) is 1.64. The number of benzene rings is 1. The first-order chi connectivity index (χ1) is 12.1. The van der Waals surface area contributed by atoms with E-state index >= 15 is 0 Å². The van der Waals surface area contributed by atoms with Crippen LogP contribution >= 0.6 is 0 Å². The lowest BCUT2D eigenvalue weighted by atomic mass is 10.1. The first-order valence-corrected chi connectivity index (χ1v) is 9.43. The van der Waals surface area contributed by atoms with Crippen LogP contribution in [-0.2, 0) is 11.2 Å². The van der Waals surface area contributed by atoms with Crippen LogP contribution in [0.3, 0.4) is 0 Å². The van der Waals surface area contributed by atoms with Gasteiger partial charge in [0.05, 0.1) is 6.61 Å². The fourth-order valence-electron chi connectivity index (χ4n) is 3.10. The highest BCUT2D eigenvalue weighted by atomic mass is 16.5. The zero-order chi connectivity index (χ0) is 18.1. The molecule has 1 atom stereocenters. The first kappa shape index (κ1) is 19.6. The molecule has 1 unspecified atom stereocenters. The van der Waals surface area contributed by atoms with Crippen molar-refractivity contribution in [2.45, 2.75) is 26.2 Å². The largest absolute Gasteiger partial charge is 0.381 e. The predicted octanol–water partition coefficient (Wildman–Crippen LogP) is 2.62. The van der Waals surface area contributed by atoms with E-state index < -0.39 is 0 Å². The Morgan fingerprint density at radius 2 is 2.00 bits per heavy atom. The van der Waals surface area contributed by atoms with E-state index in [4.69, 9.17) is 9.73 Å². The Morgan fingerprint density at radius 3 is 2.60 bits per heavy atom. The summed E-state index contributed by atoms with van der Waals surface area (Å²) in [5, 5.41) is 3.40. The summed E-state index contributed by atoms with van der Waals surface area (Å²) in [6.45, 7) is 6.66. The maximum absolute atomic E-state index is 5.48. The maximum atomic E-state index is 5.48. The lowest BCUT2D eigenvalue weighted by molar-refractivity contribution is 0.181. The fraction of sp³-hybridized carbons (Fsp3) is 0.650. The molecule has 0 aliphatic carbocycles. The van der Waals surface area contributed by atoms with Crippen LogP contribution in [0.2, 0.25) is 0 Å². The van der Waals surface area contributed by atoms with Gasteiger partial charge in [0.15, 0.2) is 5.96 Å². The van der Waals surface area contributed by atoms with Gasteiger partial charge in [-0.2, -0.15) is 0 Å². The second-order valence-electron chi connectivity index (χ2n) is 7.01. The molecule has 1 fully saturated rings. The minimum atomic E-state index is 0.629. The summed E-state index contributed by atoms with van der Waals surface area (Å²) in [6, 6.07) is 8.80. The fourth-order valence-corrected chi connectivity index (χ4v) is 3.10. The first-order valence-electron chi connectivity index (χ1n) is 9.43. The van der Waals surface area contributed by atoms with Crippen LogP contribution < -0.4 is 10.2 Å². The van der Waals surface area contributed by atoms with Gasteiger partial charge in [-0.1, -0.05) is 12.1 Å². The molecule has 1 N–H and O–H groups in total. The highest BCUT2D eigenvalue weighted by Gasteiger charge is 2.18. The lowest BCUT2D eigenvalue weighted by Gasteiger charge is -2.24. The number of hydrogen-bond donors (Lipinski definition) is 1. The van der Waals surface area contributed by atoms with Gasteiger partial charge >= 0.3 is 0 Å². The number of hydrogen-bond acceptors (Lipinski definition) is 3. The molecule has 0 aromatic heterocycles. The molecular formula is C20H34N4O. The van der Waals surface area contributed by atoms with Gasteiger partial charge in [0.1, 0.15) is 0 Å². The van der Waals surface area contributed by atoms with Crippen LogP contribution in [0.1, 0.15) is 25.3 Å². The zero-order valence-corrected chi connectivity index (χ0v) is 16.3. The minimum absolute atomic E-state index is 0.629. The average molecular weight is 347 g/mol. The molecule has 1 aliphatic heterocycles. The van der Waals surface area contributed by atoms with Crippen molar-refractivity contribution in [2.75, 3.05) is 58.9 Å². The molecule has 0 saturated carbocycles. The van der Waals surface area contributed by atoms with Crippen LogP contribution in [0.5, 0.6) is 0 Å². The van der Waals surface area contributed by atoms with E-state index in [2.05, 4.69) is 67.4 Å². The molecule has 0 radical (unpaired) electrons. The smallest absolute Gasteiger partial charge is 0.193 e. The van der Waals surface area contributed by atoms with Crippen molar-refractivity contribution in [3.05, 3.63) is 29.8 Å². The monoisotopic (exact) mass is 346 g/mol. The van der Waals surface area contributed by atoms with Gasteiger partial charge in [-0.25, -0.2) is 0 Å². The molecule has 2 rings (SSSR count). The van der Waals surface area contributed by atoms with Crippen molar-refractivity contribution in [1.29, 1.82) is 0 Å². The van der Waals surface area contributed by atoms with E-state index in [0.29, 0.717) is 5.92 Å². The molecule has 1 heterocycles. The van der Waals surface area contributed by atoms with Crippen molar-refractivity contribution in [3.63, 3.8) is 0 Å². The number of anilines is 1. The minimum Gasteiger partial charge on any atom is -0.381 e. The Labute approximate surface area is 153 Å². The van der Waals surface area contributed by atoms with Crippen molar-refractivity contribution >= 4 is 11.6 Å². The Morgan fingerprint density at radius 1 is 1.24 bits per heavy atom. The molecule has 1 aromatic rings. The van der Waals surface area contributed by atoms with Gasteiger partial charge in [-0.3, -0.25) is 4.99 Å². The number of ether oxygens (including phenoxy) is 1. The molecule has 1 aliphatic rings. The highest BCUT2D eigenvalue weighted by Crippen LogP contribution is 2.14. The normalized spacial score (nSPS) is 17.6. The molecule has 25 heavy (non-hydrogen) atoms. The Balaban J connectivity index is 1.79. The Hall–Kier alpha value is -1.75. The molecule has 0 spiro atoms. The Kier molecular flexibility index (Phi) is 8.06. The van der Waals surface area contributed by atoms with E-state index in [1.165, 1.54) is 11.3 Å². The van der Waals surface area contributed by atoms with Gasteiger partial charge in [0, 0.05) is 59.0 Å². The topological polar surface area (TPSA) is 40.1 Å². The summed E-state index contributed by atoms with van der Waals surface area (Å²) >= 11 is 0. The quantitative estimate of drug-likeness (QED) is 0.446. The third-order valence-electron chi connectivity index (χ3n) is 4.59. The number of guanidine groups is 1. The van der Waals surface area contributed by atoms with Crippen molar-refractivity contribution in [1.82, 2.24) is 10.2 Å². The number of nitrogens with zero attached hydrogens (tertiary/aromatic N) is 3. The molecule has 5 nitrogen and oxygen atoms in total. The van der Waals surface area contributed by atoms with Gasteiger partial charge in [-0.05, 0) is 43.9 Å². The predicted molar refractivity (Wildman–Crippen MR) is 107 cm³/mol. The average Bonchev–Trinajstić information content (AvgIpc) is 3.11. The highest BCUT2D eigenvalue weighted by molar-refractivity contribution is 5.79. The SMILES string of the molecule is CCNC(=NCCCc1ccc(N(C)C)cc1)N(C)CC1CCOC1. The summed E-state index contributed by atoms with van der Waals surface area (Å²) < 4.78 is 5.48. The van der Waals surface area contributed by atoms with Crippen LogP contribution in [-0.4, -0.2) is 64.9 Å². The van der Waals surface area contributed by atoms with Gasteiger partial charge in [0.25, 0.3) is 0 Å². The van der Waals surface area contributed by atoms with Crippen LogP contribution in [0.25, 0.3) is 0 Å².